The summed E-state index contributed by atoms with van der Waals surface area (Å²) in [6.45, 7) is 0.0315. The lowest BCUT2D eigenvalue weighted by molar-refractivity contribution is 0.0520. The number of methoxy groups -OCH3 is 1. The molecule has 0 unspecified atom stereocenters. The van der Waals surface area contributed by atoms with Crippen LogP contribution in [-0.4, -0.2) is 36.8 Å². The summed E-state index contributed by atoms with van der Waals surface area (Å²) in [6.07, 6.45) is -0.879. The summed E-state index contributed by atoms with van der Waals surface area (Å²) in [5.41, 5.74) is 0.758. The molecule has 4 rings (SSSR count). The van der Waals surface area contributed by atoms with Gasteiger partial charge in [0, 0.05) is 35.2 Å². The van der Waals surface area contributed by atoms with E-state index in [0.29, 0.717) is 16.9 Å². The third-order valence-corrected chi connectivity index (χ3v) is 6.12. The average molecular weight is 467 g/mol. The Kier molecular flexibility index (Phi) is 5.88. The highest BCUT2D eigenvalue weighted by Gasteiger charge is 2.44. The molecule has 0 saturated heterocycles. The number of rotatable bonds is 5. The molecule has 1 aliphatic rings. The summed E-state index contributed by atoms with van der Waals surface area (Å²) in [7, 11) is 2.80. The van der Waals surface area contributed by atoms with Gasteiger partial charge in [0.05, 0.1) is 25.3 Å². The van der Waals surface area contributed by atoms with Crippen LogP contribution >= 0.6 is 11.6 Å². The highest BCUT2D eigenvalue weighted by Crippen LogP contribution is 2.49. The van der Waals surface area contributed by atoms with Gasteiger partial charge >= 0.3 is 6.09 Å². The first kappa shape index (κ1) is 22.4. The number of hydrogen-bond acceptors (Lipinski definition) is 4. The molecule has 8 heteroatoms. The zero-order valence-electron chi connectivity index (χ0n) is 17.9. The van der Waals surface area contributed by atoms with Crippen LogP contribution in [0.4, 0.5) is 9.18 Å². The van der Waals surface area contributed by atoms with Crippen LogP contribution in [0.2, 0.25) is 5.02 Å². The maximum atomic E-state index is 15.4. The smallest absolute Gasteiger partial charge is 0.407 e. The lowest BCUT2D eigenvalue weighted by atomic mass is 9.85. The lowest BCUT2D eigenvalue weighted by Crippen LogP contribution is -2.44. The van der Waals surface area contributed by atoms with Gasteiger partial charge in [-0.05, 0) is 29.8 Å². The van der Waals surface area contributed by atoms with Crippen molar-refractivity contribution >= 4 is 17.7 Å². The number of carboxylic acid groups (broad SMARTS) is 1. The number of nitriles is 1. The molecule has 6 nitrogen and oxygen atoms in total. The van der Waals surface area contributed by atoms with E-state index >= 15 is 4.39 Å². The Balaban J connectivity index is 1.93. The largest absolute Gasteiger partial charge is 0.494 e. The van der Waals surface area contributed by atoms with Gasteiger partial charge in [-0.3, -0.25) is 0 Å². The van der Waals surface area contributed by atoms with Crippen LogP contribution in [0.5, 0.6) is 11.5 Å². The van der Waals surface area contributed by atoms with Crippen molar-refractivity contribution in [2.75, 3.05) is 20.7 Å². The fraction of sp³-hybridized carbons (Fsp3) is 0.200. The molecule has 3 aromatic carbocycles. The van der Waals surface area contributed by atoms with Crippen LogP contribution < -0.4 is 9.47 Å². The number of halogens is 2. The molecule has 1 amide bonds. The van der Waals surface area contributed by atoms with Crippen LogP contribution in [0.1, 0.15) is 16.7 Å². The summed E-state index contributed by atoms with van der Waals surface area (Å²) in [6, 6.07) is 17.4. The number of carbonyl (C=O) groups is 1. The Hall–Kier alpha value is -3.76. The first-order valence-electron chi connectivity index (χ1n) is 10.1. The topological polar surface area (TPSA) is 82.8 Å². The molecule has 1 N–H and O–H groups in total. The van der Waals surface area contributed by atoms with Crippen molar-refractivity contribution in [1.29, 1.82) is 5.26 Å². The van der Waals surface area contributed by atoms with Gasteiger partial charge in [-0.1, -0.05) is 41.9 Å². The van der Waals surface area contributed by atoms with Crippen molar-refractivity contribution in [2.24, 2.45) is 0 Å². The minimum Gasteiger partial charge on any atom is -0.494 e. The third-order valence-electron chi connectivity index (χ3n) is 5.80. The van der Waals surface area contributed by atoms with E-state index in [0.717, 1.165) is 10.5 Å². The molecule has 33 heavy (non-hydrogen) atoms. The highest BCUT2D eigenvalue weighted by atomic mass is 35.5. The Morgan fingerprint density at radius 2 is 1.97 bits per heavy atom. The van der Waals surface area contributed by atoms with Gasteiger partial charge in [0.2, 0.25) is 0 Å². The summed E-state index contributed by atoms with van der Waals surface area (Å²) >= 11 is 6.56. The van der Waals surface area contributed by atoms with Crippen LogP contribution in [0, 0.1) is 17.1 Å². The molecule has 3 aromatic rings. The fourth-order valence-corrected chi connectivity index (χ4v) is 4.53. The summed E-state index contributed by atoms with van der Waals surface area (Å²) in [5, 5.41) is 19.4. The molecule has 0 fully saturated rings. The molecule has 0 aromatic heterocycles. The van der Waals surface area contributed by atoms with E-state index in [1.54, 1.807) is 12.1 Å². The van der Waals surface area contributed by atoms with E-state index in [1.165, 1.54) is 26.3 Å². The summed E-state index contributed by atoms with van der Waals surface area (Å²) < 4.78 is 26.9. The summed E-state index contributed by atoms with van der Waals surface area (Å²) in [4.78, 5) is 12.8. The van der Waals surface area contributed by atoms with Crippen LogP contribution in [0.3, 0.4) is 0 Å². The van der Waals surface area contributed by atoms with Crippen molar-refractivity contribution < 1.29 is 23.8 Å². The Labute approximate surface area is 195 Å². The second-order valence-electron chi connectivity index (χ2n) is 7.79. The lowest BCUT2D eigenvalue weighted by Gasteiger charge is -2.32. The van der Waals surface area contributed by atoms with Crippen LogP contribution in [-0.2, 0) is 12.0 Å². The minimum atomic E-state index is -1.10. The average Bonchev–Trinajstić information content (AvgIpc) is 3.19. The summed E-state index contributed by atoms with van der Waals surface area (Å²) in [5.74, 6) is -0.272. The van der Waals surface area contributed by atoms with Gasteiger partial charge in [0.1, 0.15) is 5.75 Å². The van der Waals surface area contributed by atoms with E-state index in [9.17, 15) is 15.2 Å². The zero-order valence-corrected chi connectivity index (χ0v) is 18.7. The zero-order chi connectivity index (χ0) is 23.8. The van der Waals surface area contributed by atoms with E-state index in [-0.39, 0.29) is 34.9 Å². The van der Waals surface area contributed by atoms with Gasteiger partial charge < -0.3 is 19.5 Å². The number of benzene rings is 3. The first-order valence-corrected chi connectivity index (χ1v) is 10.5. The van der Waals surface area contributed by atoms with Crippen molar-refractivity contribution in [3.05, 3.63) is 82.1 Å². The molecule has 168 valence electrons. The van der Waals surface area contributed by atoms with Crippen LogP contribution in [0.15, 0.2) is 54.6 Å². The maximum Gasteiger partial charge on any atom is 0.407 e. The highest BCUT2D eigenvalue weighted by molar-refractivity contribution is 6.33. The quantitative estimate of drug-likeness (QED) is 0.539. The molecular weight excluding hydrogens is 447 g/mol. The minimum absolute atomic E-state index is 0.0171. The maximum absolute atomic E-state index is 15.4. The molecule has 0 radical (unpaired) electrons. The Bertz CT molecular complexity index is 1280. The van der Waals surface area contributed by atoms with E-state index < -0.39 is 17.5 Å². The predicted molar refractivity (Wildman–Crippen MR) is 121 cm³/mol. The molecular formula is C25H20ClFN2O4. The normalized spacial score (nSPS) is 16.5. The number of hydrogen-bond donors (Lipinski definition) is 1. The standard InChI is InChI=1S/C25H20ClFN2O4/c1-29(24(30)31)14-25(16-6-4-3-5-7-16)12-17-19(33-25)11-9-18(26)22(17)21-15(13-28)8-10-20(32-2)23(21)27/h3-11H,12,14H2,1-2H3,(H,30,31)/t25-/m1/s1. The van der Waals surface area contributed by atoms with Crippen molar-refractivity contribution in [2.45, 2.75) is 12.0 Å². The van der Waals surface area contributed by atoms with E-state index in [2.05, 4.69) is 0 Å². The molecule has 1 aliphatic heterocycles. The van der Waals surface area contributed by atoms with Gasteiger partial charge in [-0.15, -0.1) is 0 Å². The van der Waals surface area contributed by atoms with Crippen molar-refractivity contribution in [3.8, 4) is 28.7 Å². The number of nitrogens with zero attached hydrogens (tertiary/aromatic N) is 2. The third kappa shape index (κ3) is 3.83. The molecule has 0 bridgehead atoms. The van der Waals surface area contributed by atoms with Gasteiger partial charge in [-0.25, -0.2) is 9.18 Å². The monoisotopic (exact) mass is 466 g/mol. The van der Waals surface area contributed by atoms with Gasteiger partial charge in [0.25, 0.3) is 0 Å². The molecule has 1 atom stereocenters. The second kappa shape index (κ2) is 8.64. The van der Waals surface area contributed by atoms with Gasteiger partial charge in [-0.2, -0.15) is 5.26 Å². The van der Waals surface area contributed by atoms with Crippen molar-refractivity contribution in [1.82, 2.24) is 4.90 Å². The number of ether oxygens (including phenoxy) is 2. The fourth-order valence-electron chi connectivity index (χ4n) is 4.26. The molecule has 0 saturated carbocycles. The van der Waals surface area contributed by atoms with Crippen LogP contribution in [0.25, 0.3) is 11.1 Å². The first-order chi connectivity index (χ1) is 15.8. The SMILES string of the molecule is COc1ccc(C#N)c(-c2c(Cl)ccc3c2C[C@@](CN(C)C(=O)O)(c2ccccc2)O3)c1F. The number of likely N-dealkylation sites (N-methyl/N-ethyl adjacent to an activating group) is 1. The molecule has 1 heterocycles. The van der Waals surface area contributed by atoms with E-state index in [4.69, 9.17) is 21.1 Å². The van der Waals surface area contributed by atoms with E-state index in [1.807, 2.05) is 36.4 Å². The number of fused-ring (bicyclic) bond motifs is 1. The molecule has 0 aliphatic carbocycles. The predicted octanol–water partition coefficient (Wildman–Crippen LogP) is 5.47. The number of amides is 1. The van der Waals surface area contributed by atoms with Gasteiger partial charge in [0.15, 0.2) is 17.2 Å². The van der Waals surface area contributed by atoms with Crippen molar-refractivity contribution in [3.63, 3.8) is 0 Å². The second-order valence-corrected chi connectivity index (χ2v) is 8.20. The molecule has 0 spiro atoms. The Morgan fingerprint density at radius 3 is 2.61 bits per heavy atom. The Morgan fingerprint density at radius 1 is 1.24 bits per heavy atom.